The Balaban J connectivity index is 1.56. The maximum Gasteiger partial charge on any atom is 0.303 e. The second kappa shape index (κ2) is 13.9. The quantitative estimate of drug-likeness (QED) is 0.159. The summed E-state index contributed by atoms with van der Waals surface area (Å²) in [5.41, 5.74) is 0.504. The lowest BCUT2D eigenvalue weighted by Gasteiger charge is -2.35. The van der Waals surface area contributed by atoms with Crippen LogP contribution in [0.4, 0.5) is 0 Å². The number of hydrazone groups is 1. The molecule has 19 heteroatoms. The third-order valence-corrected chi connectivity index (χ3v) is 6.33. The zero-order chi connectivity index (χ0) is 33.7. The number of imide groups is 1. The maximum absolute atomic E-state index is 12.7. The number of carbonyl (C=O) groups is 7. The van der Waals surface area contributed by atoms with E-state index in [1.165, 1.54) is 12.1 Å². The third kappa shape index (κ3) is 7.66. The van der Waals surface area contributed by atoms with E-state index in [2.05, 4.69) is 20.5 Å². The number of benzene rings is 1. The summed E-state index contributed by atoms with van der Waals surface area (Å²) in [6.07, 6.45) is -6.39. The van der Waals surface area contributed by atoms with Gasteiger partial charge in [0.15, 0.2) is 24.1 Å². The minimum atomic E-state index is -1.67. The fourth-order valence-corrected chi connectivity index (χ4v) is 4.60. The van der Waals surface area contributed by atoms with Gasteiger partial charge in [0, 0.05) is 34.6 Å². The van der Waals surface area contributed by atoms with Gasteiger partial charge in [-0.2, -0.15) is 9.81 Å². The average molecular weight is 644 g/mol. The van der Waals surface area contributed by atoms with Gasteiger partial charge >= 0.3 is 23.9 Å². The highest BCUT2D eigenvalue weighted by molar-refractivity contribution is 6.21. The molecule has 0 fully saturated rings. The first kappa shape index (κ1) is 33.1. The maximum atomic E-state index is 12.7. The minimum Gasteiger partial charge on any atom is -0.462 e. The molecule has 2 aliphatic heterocycles. The molecule has 1 unspecified atom stereocenters. The van der Waals surface area contributed by atoms with E-state index in [0.717, 1.165) is 49.3 Å². The highest BCUT2D eigenvalue weighted by atomic mass is 16.6. The van der Waals surface area contributed by atoms with Gasteiger partial charge in [0.1, 0.15) is 13.2 Å². The largest absolute Gasteiger partial charge is 0.462 e. The van der Waals surface area contributed by atoms with E-state index in [9.17, 15) is 33.6 Å². The van der Waals surface area contributed by atoms with Crippen molar-refractivity contribution in [3.63, 3.8) is 0 Å². The van der Waals surface area contributed by atoms with Crippen LogP contribution in [0.2, 0.25) is 0 Å². The molecule has 1 aromatic carbocycles. The van der Waals surface area contributed by atoms with Crippen molar-refractivity contribution in [1.82, 2.24) is 30.1 Å². The SMILES string of the molecule is CC(=O)OC[C@@H](OC(C)=O)[C@H](OC(C)=O)[C@@H](OC(C)=O)C1OC(Cn2nnc(CN3C(=O)c4ccccc4C3=O)n2)=NN1C(C)=O. The van der Waals surface area contributed by atoms with Gasteiger partial charge in [0.25, 0.3) is 11.8 Å². The number of nitrogens with zero attached hydrogens (tertiary/aromatic N) is 7. The summed E-state index contributed by atoms with van der Waals surface area (Å²) < 4.78 is 26.8. The molecule has 3 heterocycles. The van der Waals surface area contributed by atoms with Crippen molar-refractivity contribution in [1.29, 1.82) is 0 Å². The molecule has 244 valence electrons. The van der Waals surface area contributed by atoms with Crippen LogP contribution in [0, 0.1) is 0 Å². The molecule has 2 aromatic rings. The number of amides is 3. The highest BCUT2D eigenvalue weighted by Crippen LogP contribution is 2.27. The van der Waals surface area contributed by atoms with Crippen LogP contribution in [-0.4, -0.2) is 109 Å². The van der Waals surface area contributed by atoms with E-state index < -0.39 is 72.7 Å². The number of esters is 4. The van der Waals surface area contributed by atoms with Crippen molar-refractivity contribution in [2.75, 3.05) is 6.61 Å². The fourth-order valence-electron chi connectivity index (χ4n) is 4.60. The molecule has 1 aromatic heterocycles. The molecule has 3 amide bonds. The van der Waals surface area contributed by atoms with Crippen molar-refractivity contribution >= 4 is 47.5 Å². The Kier molecular flexibility index (Phi) is 10.0. The molecule has 2 aliphatic rings. The summed E-state index contributed by atoms with van der Waals surface area (Å²) in [5.74, 6) is -5.29. The lowest BCUT2D eigenvalue weighted by molar-refractivity contribution is -0.205. The zero-order valence-corrected chi connectivity index (χ0v) is 25.3. The van der Waals surface area contributed by atoms with Gasteiger partial charge in [-0.3, -0.25) is 38.5 Å². The van der Waals surface area contributed by atoms with Gasteiger partial charge in [-0.05, 0) is 17.3 Å². The molecule has 4 rings (SSSR count). The van der Waals surface area contributed by atoms with Crippen molar-refractivity contribution in [2.24, 2.45) is 5.10 Å². The number of tetrazole rings is 1. The normalized spacial score (nSPS) is 17.3. The van der Waals surface area contributed by atoms with E-state index in [0.29, 0.717) is 0 Å². The lowest BCUT2D eigenvalue weighted by Crippen LogP contribution is -2.56. The average Bonchev–Trinajstić information content (AvgIpc) is 3.67. The standard InChI is InChI=1S/C27H29N7O12/c1-13(35)34-27(24(45-17(5)39)23(44-16(4)38)20(43-15(3)37)12-42-14(2)36)46-22(30-34)11-33-29-21(28-31-33)10-32-25(40)18-8-6-7-9-19(18)26(32)41/h6-9,20,23-24,27H,10-12H2,1-5H3/t20-,23+,24-,27?/m1/s1. The molecule has 0 saturated heterocycles. The predicted octanol–water partition coefficient (Wildman–Crippen LogP) is -0.654. The molecular weight excluding hydrogens is 614 g/mol. The molecule has 0 bridgehead atoms. The zero-order valence-electron chi connectivity index (χ0n) is 25.3. The molecule has 0 saturated carbocycles. The van der Waals surface area contributed by atoms with E-state index in [-0.39, 0.29) is 35.9 Å². The molecular formula is C27H29N7O12. The molecule has 46 heavy (non-hydrogen) atoms. The third-order valence-electron chi connectivity index (χ3n) is 6.33. The molecule has 19 nitrogen and oxygen atoms in total. The van der Waals surface area contributed by atoms with Crippen LogP contribution in [0.5, 0.6) is 0 Å². The number of aromatic nitrogens is 4. The van der Waals surface area contributed by atoms with E-state index in [1.54, 1.807) is 12.1 Å². The van der Waals surface area contributed by atoms with Gasteiger partial charge < -0.3 is 23.7 Å². The Morgan fingerprint density at radius 3 is 2.00 bits per heavy atom. The van der Waals surface area contributed by atoms with E-state index in [1.807, 2.05) is 0 Å². The smallest absolute Gasteiger partial charge is 0.303 e. The summed E-state index contributed by atoms with van der Waals surface area (Å²) in [4.78, 5) is 87.7. The van der Waals surface area contributed by atoms with E-state index in [4.69, 9.17) is 23.7 Å². The lowest BCUT2D eigenvalue weighted by atomic mass is 10.1. The van der Waals surface area contributed by atoms with Gasteiger partial charge in [-0.15, -0.1) is 15.3 Å². The summed E-state index contributed by atoms with van der Waals surface area (Å²) in [6.45, 7) is 4.13. The minimum absolute atomic E-state index is 0.00971. The monoisotopic (exact) mass is 643 g/mol. The summed E-state index contributed by atoms with van der Waals surface area (Å²) in [5, 5.41) is 16.8. The first-order valence-electron chi connectivity index (χ1n) is 13.7. The van der Waals surface area contributed by atoms with Gasteiger partial charge in [-0.25, -0.2) is 0 Å². The number of hydrogen-bond donors (Lipinski definition) is 0. The summed E-state index contributed by atoms with van der Waals surface area (Å²) in [7, 11) is 0. The number of ether oxygens (including phenoxy) is 5. The molecule has 0 N–H and O–H groups in total. The van der Waals surface area contributed by atoms with Crippen molar-refractivity contribution in [3.8, 4) is 0 Å². The van der Waals surface area contributed by atoms with Crippen LogP contribution in [0.25, 0.3) is 0 Å². The van der Waals surface area contributed by atoms with Crippen LogP contribution in [-0.2, 0) is 60.7 Å². The molecule has 4 atom stereocenters. The Labute approximate surface area is 260 Å². The number of carbonyl (C=O) groups excluding carboxylic acids is 7. The second-order valence-corrected chi connectivity index (χ2v) is 9.94. The Bertz CT molecular complexity index is 1570. The van der Waals surface area contributed by atoms with E-state index >= 15 is 0 Å². The first-order valence-corrected chi connectivity index (χ1v) is 13.7. The van der Waals surface area contributed by atoms with Crippen molar-refractivity contribution in [2.45, 2.75) is 72.2 Å². The topological polar surface area (TPSA) is 228 Å². The molecule has 0 radical (unpaired) electrons. The van der Waals surface area contributed by atoms with Gasteiger partial charge in [-0.1, -0.05) is 12.1 Å². The Hall–Kier alpha value is -5.75. The highest BCUT2D eigenvalue weighted by Gasteiger charge is 2.49. The second-order valence-electron chi connectivity index (χ2n) is 9.94. The number of fused-ring (bicyclic) bond motifs is 1. The van der Waals surface area contributed by atoms with Crippen molar-refractivity contribution in [3.05, 3.63) is 41.2 Å². The van der Waals surface area contributed by atoms with Crippen molar-refractivity contribution < 1.29 is 57.2 Å². The Morgan fingerprint density at radius 1 is 0.848 bits per heavy atom. The molecule has 0 aliphatic carbocycles. The predicted molar refractivity (Wildman–Crippen MR) is 147 cm³/mol. The fraction of sp³-hybridized carbons (Fsp3) is 0.444. The van der Waals surface area contributed by atoms with Gasteiger partial charge in [0.2, 0.25) is 18.0 Å². The van der Waals surface area contributed by atoms with Crippen LogP contribution < -0.4 is 0 Å². The Morgan fingerprint density at radius 2 is 1.46 bits per heavy atom. The number of hydrogen-bond acceptors (Lipinski definition) is 16. The van der Waals surface area contributed by atoms with Crippen LogP contribution in [0.15, 0.2) is 29.4 Å². The first-order chi connectivity index (χ1) is 21.7. The molecule has 0 spiro atoms. The van der Waals surface area contributed by atoms with Crippen LogP contribution >= 0.6 is 0 Å². The van der Waals surface area contributed by atoms with Gasteiger partial charge in [0.05, 0.1) is 17.7 Å². The summed E-state index contributed by atoms with van der Waals surface area (Å²) >= 11 is 0. The van der Waals surface area contributed by atoms with Crippen LogP contribution in [0.1, 0.15) is 61.2 Å². The van der Waals surface area contributed by atoms with Crippen LogP contribution in [0.3, 0.4) is 0 Å². The summed E-state index contributed by atoms with van der Waals surface area (Å²) in [6, 6.07) is 6.34. The number of rotatable bonds is 12.